The van der Waals surface area contributed by atoms with Crippen LogP contribution in [0.4, 0.5) is 0 Å². The van der Waals surface area contributed by atoms with Crippen molar-refractivity contribution in [1.29, 1.82) is 0 Å². The maximum atomic E-state index is 4.76. The number of rotatable bonds is 10. The number of hydrogen-bond donors (Lipinski definition) is 1. The largest absolute Gasteiger partial charge is 0.311 e. The lowest BCUT2D eigenvalue weighted by Crippen LogP contribution is -2.28. The van der Waals surface area contributed by atoms with Crippen LogP contribution in [0.25, 0.3) is 0 Å². The summed E-state index contributed by atoms with van der Waals surface area (Å²) in [5.74, 6) is 0.754. The maximum absolute atomic E-state index is 4.76. The molecule has 20 heavy (non-hydrogen) atoms. The van der Waals surface area contributed by atoms with Gasteiger partial charge >= 0.3 is 0 Å². The standard InChI is InChI=1S/C17H31N3/c1-5-11-18-12-16-9-8-10-17(19-16)14-20(7-3)13-15(4)6-2/h8-10,15,18H,5-7,11-14H2,1-4H3. The maximum Gasteiger partial charge on any atom is 0.0547 e. The monoisotopic (exact) mass is 277 g/mol. The summed E-state index contributed by atoms with van der Waals surface area (Å²) < 4.78 is 0. The molecule has 0 spiro atoms. The summed E-state index contributed by atoms with van der Waals surface area (Å²) in [5.41, 5.74) is 2.33. The van der Waals surface area contributed by atoms with E-state index in [1.165, 1.54) is 12.1 Å². The fourth-order valence-corrected chi connectivity index (χ4v) is 2.21. The molecule has 0 aliphatic heterocycles. The second-order valence-corrected chi connectivity index (χ2v) is 5.64. The predicted molar refractivity (Wildman–Crippen MR) is 86.6 cm³/mol. The Morgan fingerprint density at radius 1 is 1.20 bits per heavy atom. The molecule has 0 saturated heterocycles. The highest BCUT2D eigenvalue weighted by Gasteiger charge is 2.09. The van der Waals surface area contributed by atoms with Crippen LogP contribution >= 0.6 is 0 Å². The quantitative estimate of drug-likeness (QED) is 0.664. The molecular formula is C17H31N3. The minimum absolute atomic E-state index is 0.754. The minimum Gasteiger partial charge on any atom is -0.311 e. The van der Waals surface area contributed by atoms with Crippen molar-refractivity contribution in [3.05, 3.63) is 29.6 Å². The zero-order valence-electron chi connectivity index (χ0n) is 13.7. The van der Waals surface area contributed by atoms with Crippen molar-refractivity contribution in [3.63, 3.8) is 0 Å². The van der Waals surface area contributed by atoms with E-state index < -0.39 is 0 Å². The van der Waals surface area contributed by atoms with E-state index in [4.69, 9.17) is 4.98 Å². The fourth-order valence-electron chi connectivity index (χ4n) is 2.21. The molecule has 0 saturated carbocycles. The van der Waals surface area contributed by atoms with Crippen LogP contribution < -0.4 is 5.32 Å². The van der Waals surface area contributed by atoms with Gasteiger partial charge in [0.1, 0.15) is 0 Å². The van der Waals surface area contributed by atoms with Crippen LogP contribution in [0.15, 0.2) is 18.2 Å². The lowest BCUT2D eigenvalue weighted by Gasteiger charge is -2.23. The van der Waals surface area contributed by atoms with E-state index in [-0.39, 0.29) is 0 Å². The topological polar surface area (TPSA) is 28.2 Å². The lowest BCUT2D eigenvalue weighted by molar-refractivity contribution is 0.235. The number of nitrogens with zero attached hydrogens (tertiary/aromatic N) is 2. The molecule has 1 rings (SSSR count). The third kappa shape index (κ3) is 6.49. The zero-order valence-corrected chi connectivity index (χ0v) is 13.7. The van der Waals surface area contributed by atoms with Crippen molar-refractivity contribution in [2.75, 3.05) is 19.6 Å². The molecule has 0 bridgehead atoms. The predicted octanol–water partition coefficient (Wildman–Crippen LogP) is 3.45. The average Bonchev–Trinajstić information content (AvgIpc) is 2.47. The van der Waals surface area contributed by atoms with Crippen molar-refractivity contribution in [2.24, 2.45) is 5.92 Å². The molecule has 114 valence electrons. The molecule has 1 N–H and O–H groups in total. The molecule has 0 radical (unpaired) electrons. The van der Waals surface area contributed by atoms with Crippen molar-refractivity contribution in [2.45, 2.75) is 53.6 Å². The minimum atomic E-state index is 0.754. The molecule has 0 fully saturated rings. The van der Waals surface area contributed by atoms with Crippen molar-refractivity contribution in [3.8, 4) is 0 Å². The Hall–Kier alpha value is -0.930. The van der Waals surface area contributed by atoms with Gasteiger partial charge in [-0.25, -0.2) is 0 Å². The molecule has 3 nitrogen and oxygen atoms in total. The summed E-state index contributed by atoms with van der Waals surface area (Å²) in [6.07, 6.45) is 2.41. The van der Waals surface area contributed by atoms with Crippen molar-refractivity contribution >= 4 is 0 Å². The third-order valence-corrected chi connectivity index (χ3v) is 3.70. The van der Waals surface area contributed by atoms with Crippen LogP contribution in [0.2, 0.25) is 0 Å². The number of pyridine rings is 1. The molecule has 0 aliphatic carbocycles. The molecule has 1 unspecified atom stereocenters. The lowest BCUT2D eigenvalue weighted by atomic mass is 10.1. The van der Waals surface area contributed by atoms with Gasteiger partial charge in [-0.3, -0.25) is 9.88 Å². The van der Waals surface area contributed by atoms with Gasteiger partial charge in [-0.1, -0.05) is 40.2 Å². The van der Waals surface area contributed by atoms with Gasteiger partial charge in [-0.15, -0.1) is 0 Å². The van der Waals surface area contributed by atoms with Gasteiger partial charge in [0, 0.05) is 19.6 Å². The smallest absolute Gasteiger partial charge is 0.0547 e. The van der Waals surface area contributed by atoms with Crippen LogP contribution in [-0.4, -0.2) is 29.5 Å². The molecule has 0 aliphatic rings. The highest BCUT2D eigenvalue weighted by Crippen LogP contribution is 2.08. The van der Waals surface area contributed by atoms with Crippen molar-refractivity contribution < 1.29 is 0 Å². The van der Waals surface area contributed by atoms with Gasteiger partial charge < -0.3 is 5.32 Å². The molecule has 0 amide bonds. The Bertz CT molecular complexity index is 365. The first kappa shape index (κ1) is 17.1. The van der Waals surface area contributed by atoms with E-state index in [2.05, 4.69) is 56.1 Å². The first-order valence-electron chi connectivity index (χ1n) is 8.07. The Balaban J connectivity index is 2.54. The number of nitrogens with one attached hydrogen (secondary N) is 1. The summed E-state index contributed by atoms with van der Waals surface area (Å²) >= 11 is 0. The van der Waals surface area contributed by atoms with Crippen LogP contribution in [0.5, 0.6) is 0 Å². The molecule has 1 aromatic heterocycles. The first-order valence-corrected chi connectivity index (χ1v) is 8.07. The molecule has 1 atom stereocenters. The van der Waals surface area contributed by atoms with Gasteiger partial charge in [0.15, 0.2) is 0 Å². The van der Waals surface area contributed by atoms with Gasteiger partial charge in [-0.05, 0) is 37.6 Å². The Kier molecular flexibility index (Phi) is 8.47. The first-order chi connectivity index (χ1) is 9.69. The summed E-state index contributed by atoms with van der Waals surface area (Å²) in [6.45, 7) is 14.1. The molecule has 0 aromatic carbocycles. The van der Waals surface area contributed by atoms with E-state index in [9.17, 15) is 0 Å². The van der Waals surface area contributed by atoms with Crippen molar-refractivity contribution in [1.82, 2.24) is 15.2 Å². The van der Waals surface area contributed by atoms with E-state index >= 15 is 0 Å². The molecule has 3 heteroatoms. The Morgan fingerprint density at radius 3 is 2.60 bits per heavy atom. The van der Waals surface area contributed by atoms with Gasteiger partial charge in [0.05, 0.1) is 11.4 Å². The second-order valence-electron chi connectivity index (χ2n) is 5.64. The van der Waals surface area contributed by atoms with Crippen LogP contribution in [0.1, 0.15) is 51.9 Å². The van der Waals surface area contributed by atoms with Gasteiger partial charge in [0.2, 0.25) is 0 Å². The summed E-state index contributed by atoms with van der Waals surface area (Å²) in [5, 5.41) is 3.41. The van der Waals surface area contributed by atoms with E-state index in [0.29, 0.717) is 0 Å². The van der Waals surface area contributed by atoms with E-state index in [0.717, 1.165) is 50.8 Å². The summed E-state index contributed by atoms with van der Waals surface area (Å²) in [7, 11) is 0. The number of hydrogen-bond acceptors (Lipinski definition) is 3. The SMILES string of the molecule is CCCNCc1cccc(CN(CC)CC(C)CC)n1. The fraction of sp³-hybridized carbons (Fsp3) is 0.706. The zero-order chi connectivity index (χ0) is 14.8. The van der Waals surface area contributed by atoms with Crippen LogP contribution in [0, 0.1) is 5.92 Å². The molecule has 1 heterocycles. The van der Waals surface area contributed by atoms with E-state index in [1.807, 2.05) is 0 Å². The Morgan fingerprint density at radius 2 is 1.95 bits per heavy atom. The summed E-state index contributed by atoms with van der Waals surface area (Å²) in [4.78, 5) is 7.25. The highest BCUT2D eigenvalue weighted by atomic mass is 15.1. The third-order valence-electron chi connectivity index (χ3n) is 3.70. The van der Waals surface area contributed by atoms with Gasteiger partial charge in [0.25, 0.3) is 0 Å². The Labute approximate surface area is 124 Å². The number of aromatic nitrogens is 1. The average molecular weight is 277 g/mol. The summed E-state index contributed by atoms with van der Waals surface area (Å²) in [6, 6.07) is 6.38. The molecule has 1 aromatic rings. The second kappa shape index (κ2) is 9.89. The molecular weight excluding hydrogens is 246 g/mol. The van der Waals surface area contributed by atoms with Crippen LogP contribution in [-0.2, 0) is 13.1 Å². The normalized spacial score (nSPS) is 12.8. The van der Waals surface area contributed by atoms with Gasteiger partial charge in [-0.2, -0.15) is 0 Å². The van der Waals surface area contributed by atoms with Crippen LogP contribution in [0.3, 0.4) is 0 Å². The van der Waals surface area contributed by atoms with E-state index in [1.54, 1.807) is 0 Å². The highest BCUT2D eigenvalue weighted by molar-refractivity contribution is 5.11.